The first-order valence-corrected chi connectivity index (χ1v) is 8.66. The molecule has 1 heterocycles. The normalized spacial score (nSPS) is 12.0. The van der Waals surface area contributed by atoms with Crippen LogP contribution in [0.1, 0.15) is 6.92 Å². The molecule has 1 unspecified atom stereocenters. The first-order chi connectivity index (χ1) is 12.1. The lowest BCUT2D eigenvalue weighted by Crippen LogP contribution is -2.29. The van der Waals surface area contributed by atoms with E-state index in [1.165, 1.54) is 0 Å². The van der Waals surface area contributed by atoms with Crippen LogP contribution in [0.4, 0.5) is 5.69 Å². The summed E-state index contributed by atoms with van der Waals surface area (Å²) in [5.74, 6) is 0.790. The monoisotopic (exact) mass is 395 g/mol. The van der Waals surface area contributed by atoms with Crippen molar-refractivity contribution in [3.05, 3.63) is 41.4 Å². The zero-order valence-electron chi connectivity index (χ0n) is 14.8. The number of hydrogen-bond acceptors (Lipinski definition) is 5. The molecule has 0 aliphatic heterocycles. The number of aliphatic hydroxyl groups is 1. The summed E-state index contributed by atoms with van der Waals surface area (Å²) in [7, 11) is 1.66. The minimum Gasteiger partial charge on any atom is -0.497 e. The molecule has 1 atom stereocenters. The second-order valence-corrected chi connectivity index (χ2v) is 6.45. The molecule has 7 heteroatoms. The number of nitrogens with one attached hydrogen (secondary N) is 2. The molecular formula is C19H23Cl2N3O2. The fraction of sp³-hybridized carbons (Fsp3) is 0.316. The van der Waals surface area contributed by atoms with Gasteiger partial charge in [0, 0.05) is 35.4 Å². The molecule has 0 amide bonds. The van der Waals surface area contributed by atoms with Crippen molar-refractivity contribution in [1.82, 2.24) is 10.3 Å². The van der Waals surface area contributed by atoms with Crippen molar-refractivity contribution in [1.29, 1.82) is 0 Å². The molecule has 3 rings (SSSR count). The highest BCUT2D eigenvalue weighted by Gasteiger charge is 2.10. The molecule has 3 N–H and O–H groups in total. The van der Waals surface area contributed by atoms with Gasteiger partial charge < -0.3 is 20.5 Å². The summed E-state index contributed by atoms with van der Waals surface area (Å²) in [4.78, 5) is 4.71. The molecule has 26 heavy (non-hydrogen) atoms. The van der Waals surface area contributed by atoms with E-state index in [0.29, 0.717) is 11.6 Å². The molecule has 3 aromatic rings. The van der Waals surface area contributed by atoms with Crippen molar-refractivity contribution in [3.8, 4) is 5.75 Å². The summed E-state index contributed by atoms with van der Waals surface area (Å²) < 4.78 is 5.36. The van der Waals surface area contributed by atoms with Gasteiger partial charge in [-0.1, -0.05) is 11.6 Å². The van der Waals surface area contributed by atoms with Gasteiger partial charge in [-0.3, -0.25) is 0 Å². The maximum absolute atomic E-state index is 9.32. The van der Waals surface area contributed by atoms with E-state index in [9.17, 15) is 5.11 Å². The third-order valence-electron chi connectivity index (χ3n) is 3.99. The summed E-state index contributed by atoms with van der Waals surface area (Å²) in [6.07, 6.45) is -0.353. The smallest absolute Gasteiger partial charge is 0.119 e. The fourth-order valence-electron chi connectivity index (χ4n) is 2.80. The van der Waals surface area contributed by atoms with Crippen LogP contribution < -0.4 is 15.4 Å². The van der Waals surface area contributed by atoms with E-state index in [1.54, 1.807) is 14.0 Å². The lowest BCUT2D eigenvalue weighted by Gasteiger charge is -2.15. The average Bonchev–Trinajstić information content (AvgIpc) is 2.59. The van der Waals surface area contributed by atoms with Gasteiger partial charge in [-0.05, 0) is 43.3 Å². The summed E-state index contributed by atoms with van der Waals surface area (Å²) in [6.45, 7) is 3.80. The second kappa shape index (κ2) is 9.24. The Balaban J connectivity index is 0.00000243. The van der Waals surface area contributed by atoms with E-state index < -0.39 is 0 Å². The highest BCUT2D eigenvalue weighted by molar-refractivity contribution is 6.31. The molecule has 0 spiro atoms. The first kappa shape index (κ1) is 20.5. The van der Waals surface area contributed by atoms with Crippen LogP contribution >= 0.6 is 24.0 Å². The number of halogens is 2. The van der Waals surface area contributed by atoms with Crippen LogP contribution in [0.2, 0.25) is 5.02 Å². The van der Waals surface area contributed by atoms with E-state index in [2.05, 4.69) is 10.6 Å². The number of fused-ring (bicyclic) bond motifs is 2. The van der Waals surface area contributed by atoms with Crippen molar-refractivity contribution in [2.75, 3.05) is 32.1 Å². The number of nitrogens with zero attached hydrogens (tertiary/aromatic N) is 1. The lowest BCUT2D eigenvalue weighted by molar-refractivity contribution is 0.192. The van der Waals surface area contributed by atoms with Gasteiger partial charge in [0.2, 0.25) is 0 Å². The molecule has 0 fully saturated rings. The molecule has 0 radical (unpaired) electrons. The van der Waals surface area contributed by atoms with Crippen LogP contribution in [0.25, 0.3) is 21.8 Å². The third-order valence-corrected chi connectivity index (χ3v) is 4.22. The van der Waals surface area contributed by atoms with Crippen molar-refractivity contribution in [2.45, 2.75) is 13.0 Å². The van der Waals surface area contributed by atoms with E-state index >= 15 is 0 Å². The van der Waals surface area contributed by atoms with Crippen LogP contribution in [0, 0.1) is 0 Å². The quantitative estimate of drug-likeness (QED) is 0.418. The number of anilines is 1. The van der Waals surface area contributed by atoms with Crippen LogP contribution in [-0.4, -0.2) is 42.9 Å². The molecule has 5 nitrogen and oxygen atoms in total. The van der Waals surface area contributed by atoms with E-state index in [-0.39, 0.29) is 18.5 Å². The number of rotatable bonds is 7. The van der Waals surface area contributed by atoms with E-state index in [4.69, 9.17) is 21.3 Å². The molecule has 1 aromatic heterocycles. The van der Waals surface area contributed by atoms with Gasteiger partial charge in [0.1, 0.15) is 5.75 Å². The van der Waals surface area contributed by atoms with Crippen molar-refractivity contribution >= 4 is 51.5 Å². The van der Waals surface area contributed by atoms with E-state index in [0.717, 1.165) is 46.3 Å². The van der Waals surface area contributed by atoms with E-state index in [1.807, 2.05) is 36.4 Å². The molecule has 0 saturated heterocycles. The number of aromatic nitrogens is 1. The average molecular weight is 396 g/mol. The van der Waals surface area contributed by atoms with Gasteiger partial charge in [-0.15, -0.1) is 12.4 Å². The van der Waals surface area contributed by atoms with Gasteiger partial charge in [0.25, 0.3) is 0 Å². The highest BCUT2D eigenvalue weighted by Crippen LogP contribution is 2.33. The number of hydrogen-bond donors (Lipinski definition) is 3. The number of benzene rings is 2. The Morgan fingerprint density at radius 1 is 1.12 bits per heavy atom. The molecule has 2 aromatic carbocycles. The standard InChI is InChI=1S/C19H22ClN3O2.ClH/c1-12(24)11-21-7-8-22-19-15-5-3-13(20)9-18(15)23-17-6-4-14(25-2)10-16(17)19;/h3-6,9-10,12,21,24H,7-8,11H2,1-2H3,(H,22,23);1H. The minimum atomic E-state index is -0.353. The Morgan fingerprint density at radius 3 is 2.65 bits per heavy atom. The maximum atomic E-state index is 9.32. The van der Waals surface area contributed by atoms with Gasteiger partial charge in [0.05, 0.1) is 29.9 Å². The molecular weight excluding hydrogens is 373 g/mol. The minimum absolute atomic E-state index is 0. The zero-order valence-corrected chi connectivity index (χ0v) is 16.3. The van der Waals surface area contributed by atoms with Gasteiger partial charge >= 0.3 is 0 Å². The fourth-order valence-corrected chi connectivity index (χ4v) is 2.97. The molecule has 0 aliphatic carbocycles. The Bertz CT molecular complexity index is 887. The zero-order chi connectivity index (χ0) is 17.8. The van der Waals surface area contributed by atoms with Gasteiger partial charge in [-0.2, -0.15) is 0 Å². The van der Waals surface area contributed by atoms with Crippen molar-refractivity contribution in [3.63, 3.8) is 0 Å². The summed E-state index contributed by atoms with van der Waals surface area (Å²) in [6, 6.07) is 11.6. The first-order valence-electron chi connectivity index (χ1n) is 8.28. The molecule has 0 saturated carbocycles. The highest BCUT2D eigenvalue weighted by atomic mass is 35.5. The lowest BCUT2D eigenvalue weighted by atomic mass is 10.1. The maximum Gasteiger partial charge on any atom is 0.119 e. The van der Waals surface area contributed by atoms with Crippen LogP contribution in [0.3, 0.4) is 0 Å². The topological polar surface area (TPSA) is 66.4 Å². The summed E-state index contributed by atoms with van der Waals surface area (Å²) in [5.41, 5.74) is 2.74. The largest absolute Gasteiger partial charge is 0.497 e. The second-order valence-electron chi connectivity index (χ2n) is 6.01. The number of aliphatic hydroxyl groups excluding tert-OH is 1. The Hall–Kier alpha value is -1.79. The molecule has 140 valence electrons. The summed E-state index contributed by atoms with van der Waals surface area (Å²) >= 11 is 6.13. The van der Waals surface area contributed by atoms with Crippen molar-refractivity contribution < 1.29 is 9.84 Å². The third kappa shape index (κ3) is 4.68. The SMILES string of the molecule is COc1ccc2nc3cc(Cl)ccc3c(NCCNCC(C)O)c2c1.Cl. The molecule has 0 aliphatic rings. The van der Waals surface area contributed by atoms with Crippen LogP contribution in [0.5, 0.6) is 5.75 Å². The number of methoxy groups -OCH3 is 1. The summed E-state index contributed by atoms with van der Waals surface area (Å²) in [5, 5.41) is 18.7. The Morgan fingerprint density at radius 2 is 1.92 bits per heavy atom. The van der Waals surface area contributed by atoms with Gasteiger partial charge in [0.15, 0.2) is 0 Å². The van der Waals surface area contributed by atoms with Gasteiger partial charge in [-0.25, -0.2) is 4.98 Å². The predicted octanol–water partition coefficient (Wildman–Crippen LogP) is 3.85. The predicted molar refractivity (Wildman–Crippen MR) is 111 cm³/mol. The Labute approximate surface area is 164 Å². The van der Waals surface area contributed by atoms with Crippen LogP contribution in [0.15, 0.2) is 36.4 Å². The Kier molecular flexibility index (Phi) is 7.29. The molecule has 0 bridgehead atoms. The number of ether oxygens (including phenoxy) is 1. The number of pyridine rings is 1. The van der Waals surface area contributed by atoms with Crippen LogP contribution in [-0.2, 0) is 0 Å². The van der Waals surface area contributed by atoms with Crippen molar-refractivity contribution in [2.24, 2.45) is 0 Å².